The summed E-state index contributed by atoms with van der Waals surface area (Å²) >= 11 is 0. The molecule has 0 amide bonds. The first-order valence-corrected chi connectivity index (χ1v) is 7.30. The molecule has 1 aromatic rings. The molecule has 1 aliphatic rings. The van der Waals surface area contributed by atoms with Gasteiger partial charge in [-0.3, -0.25) is 10.2 Å². The van der Waals surface area contributed by atoms with Gasteiger partial charge in [0.2, 0.25) is 0 Å². The zero-order valence-electron chi connectivity index (χ0n) is 11.8. The van der Waals surface area contributed by atoms with Gasteiger partial charge in [0.15, 0.2) is 0 Å². The summed E-state index contributed by atoms with van der Waals surface area (Å²) in [5, 5.41) is 3.60. The molecule has 19 heavy (non-hydrogen) atoms. The van der Waals surface area contributed by atoms with Gasteiger partial charge in [-0.15, -0.1) is 6.42 Å². The second kappa shape index (κ2) is 7.33. The SMILES string of the molecule is C#CC(CCC)NC1CCN(Cc2ccccc2)C1. The van der Waals surface area contributed by atoms with E-state index in [1.165, 1.54) is 12.0 Å². The van der Waals surface area contributed by atoms with E-state index in [1.54, 1.807) is 0 Å². The van der Waals surface area contributed by atoms with Crippen LogP contribution < -0.4 is 5.32 Å². The fourth-order valence-electron chi connectivity index (χ4n) is 2.74. The van der Waals surface area contributed by atoms with E-state index in [1.807, 2.05) is 0 Å². The van der Waals surface area contributed by atoms with Crippen LogP contribution in [0.4, 0.5) is 0 Å². The van der Waals surface area contributed by atoms with Crippen LogP contribution in [0.2, 0.25) is 0 Å². The number of benzene rings is 1. The maximum atomic E-state index is 5.57. The van der Waals surface area contributed by atoms with E-state index in [0.717, 1.165) is 32.5 Å². The number of nitrogens with zero attached hydrogens (tertiary/aromatic N) is 1. The van der Waals surface area contributed by atoms with Gasteiger partial charge >= 0.3 is 0 Å². The maximum absolute atomic E-state index is 5.57. The molecule has 0 aromatic heterocycles. The molecule has 1 fully saturated rings. The van der Waals surface area contributed by atoms with Gasteiger partial charge in [-0.05, 0) is 18.4 Å². The van der Waals surface area contributed by atoms with Crippen LogP contribution in [0.1, 0.15) is 31.7 Å². The summed E-state index contributed by atoms with van der Waals surface area (Å²) in [6.07, 6.45) is 8.99. The van der Waals surface area contributed by atoms with Gasteiger partial charge in [0.05, 0.1) is 6.04 Å². The standard InChI is InChI=1S/C17H24N2/c1-3-8-16(4-2)18-17-11-12-19(14-17)13-15-9-6-5-7-10-15/h2,5-7,9-10,16-18H,3,8,11-14H2,1H3. The second-order valence-electron chi connectivity index (χ2n) is 5.38. The summed E-state index contributed by atoms with van der Waals surface area (Å²) < 4.78 is 0. The van der Waals surface area contributed by atoms with Crippen molar-refractivity contribution in [1.82, 2.24) is 10.2 Å². The highest BCUT2D eigenvalue weighted by Gasteiger charge is 2.23. The molecule has 0 aliphatic carbocycles. The van der Waals surface area contributed by atoms with Crippen LogP contribution in [0.3, 0.4) is 0 Å². The predicted molar refractivity (Wildman–Crippen MR) is 80.8 cm³/mol. The first-order valence-electron chi connectivity index (χ1n) is 7.30. The van der Waals surface area contributed by atoms with Gasteiger partial charge in [0.25, 0.3) is 0 Å². The van der Waals surface area contributed by atoms with Crippen molar-refractivity contribution in [2.45, 2.75) is 44.8 Å². The van der Waals surface area contributed by atoms with E-state index >= 15 is 0 Å². The summed E-state index contributed by atoms with van der Waals surface area (Å²) in [5.74, 6) is 2.86. The van der Waals surface area contributed by atoms with Crippen LogP contribution in [0.15, 0.2) is 30.3 Å². The molecule has 2 nitrogen and oxygen atoms in total. The Morgan fingerprint density at radius 2 is 2.21 bits per heavy atom. The molecule has 1 aliphatic heterocycles. The topological polar surface area (TPSA) is 15.3 Å². The van der Waals surface area contributed by atoms with Crippen LogP contribution in [-0.4, -0.2) is 30.1 Å². The maximum Gasteiger partial charge on any atom is 0.0689 e. The molecule has 2 atom stereocenters. The molecule has 0 radical (unpaired) electrons. The van der Waals surface area contributed by atoms with E-state index in [2.05, 4.69) is 53.4 Å². The molecule has 2 heteroatoms. The van der Waals surface area contributed by atoms with Crippen molar-refractivity contribution < 1.29 is 0 Å². The minimum Gasteiger partial charge on any atom is -0.300 e. The zero-order chi connectivity index (χ0) is 13.5. The third kappa shape index (κ3) is 4.38. The van der Waals surface area contributed by atoms with Crippen LogP contribution in [0.5, 0.6) is 0 Å². The highest BCUT2D eigenvalue weighted by molar-refractivity contribution is 5.14. The molecule has 0 bridgehead atoms. The van der Waals surface area contributed by atoms with Crippen molar-refractivity contribution in [1.29, 1.82) is 0 Å². The monoisotopic (exact) mass is 256 g/mol. The summed E-state index contributed by atoms with van der Waals surface area (Å²) in [7, 11) is 0. The third-order valence-electron chi connectivity index (χ3n) is 3.74. The summed E-state index contributed by atoms with van der Waals surface area (Å²) in [6.45, 7) is 5.50. The van der Waals surface area contributed by atoms with Gasteiger partial charge in [0, 0.05) is 25.7 Å². The molecule has 102 valence electrons. The summed E-state index contributed by atoms with van der Waals surface area (Å²) in [6, 6.07) is 11.5. The van der Waals surface area contributed by atoms with Gasteiger partial charge in [-0.1, -0.05) is 49.6 Å². The Kier molecular flexibility index (Phi) is 5.44. The van der Waals surface area contributed by atoms with E-state index < -0.39 is 0 Å². The number of likely N-dealkylation sites (tertiary alicyclic amines) is 1. The fourth-order valence-corrected chi connectivity index (χ4v) is 2.74. The largest absolute Gasteiger partial charge is 0.300 e. The Balaban J connectivity index is 1.78. The van der Waals surface area contributed by atoms with Crippen molar-refractivity contribution in [2.24, 2.45) is 0 Å². The smallest absolute Gasteiger partial charge is 0.0689 e. The minimum absolute atomic E-state index is 0.242. The Morgan fingerprint density at radius 3 is 2.89 bits per heavy atom. The van der Waals surface area contributed by atoms with Gasteiger partial charge < -0.3 is 0 Å². The van der Waals surface area contributed by atoms with E-state index in [9.17, 15) is 0 Å². The molecular formula is C17H24N2. The van der Waals surface area contributed by atoms with Crippen LogP contribution in [0.25, 0.3) is 0 Å². The van der Waals surface area contributed by atoms with Crippen molar-refractivity contribution in [3.63, 3.8) is 0 Å². The molecule has 1 saturated heterocycles. The molecule has 0 saturated carbocycles. The lowest BCUT2D eigenvalue weighted by atomic mass is 10.1. The first-order chi connectivity index (χ1) is 9.31. The molecule has 2 rings (SSSR count). The second-order valence-corrected chi connectivity index (χ2v) is 5.38. The van der Waals surface area contributed by atoms with Crippen molar-refractivity contribution >= 4 is 0 Å². The first kappa shape index (κ1) is 14.1. The predicted octanol–water partition coefficient (Wildman–Crippen LogP) is 2.65. The third-order valence-corrected chi connectivity index (χ3v) is 3.74. The quantitative estimate of drug-likeness (QED) is 0.787. The van der Waals surface area contributed by atoms with Gasteiger partial charge in [-0.2, -0.15) is 0 Å². The normalized spacial score (nSPS) is 21.2. The molecule has 1 N–H and O–H groups in total. The number of hydrogen-bond acceptors (Lipinski definition) is 2. The van der Waals surface area contributed by atoms with E-state index in [0.29, 0.717) is 6.04 Å². The van der Waals surface area contributed by atoms with Crippen LogP contribution >= 0.6 is 0 Å². The van der Waals surface area contributed by atoms with Crippen LogP contribution in [0, 0.1) is 12.3 Å². The molecule has 1 heterocycles. The lowest BCUT2D eigenvalue weighted by Gasteiger charge is -2.19. The van der Waals surface area contributed by atoms with Crippen molar-refractivity contribution in [3.8, 4) is 12.3 Å². The Labute approximate surface area is 117 Å². The molecule has 1 aromatic carbocycles. The highest BCUT2D eigenvalue weighted by Crippen LogP contribution is 2.14. The van der Waals surface area contributed by atoms with E-state index in [-0.39, 0.29) is 6.04 Å². The average molecular weight is 256 g/mol. The molecule has 2 unspecified atom stereocenters. The van der Waals surface area contributed by atoms with Gasteiger partial charge in [-0.25, -0.2) is 0 Å². The molecular weight excluding hydrogens is 232 g/mol. The summed E-state index contributed by atoms with van der Waals surface area (Å²) in [4.78, 5) is 2.51. The Morgan fingerprint density at radius 1 is 1.42 bits per heavy atom. The van der Waals surface area contributed by atoms with E-state index in [4.69, 9.17) is 6.42 Å². The van der Waals surface area contributed by atoms with Crippen molar-refractivity contribution in [2.75, 3.05) is 13.1 Å². The van der Waals surface area contributed by atoms with Gasteiger partial charge in [0.1, 0.15) is 0 Å². The Hall–Kier alpha value is -1.30. The highest BCUT2D eigenvalue weighted by atomic mass is 15.2. The number of terminal acetylenes is 1. The Bertz CT molecular complexity index is 407. The fraction of sp³-hybridized carbons (Fsp3) is 0.529. The summed E-state index contributed by atoms with van der Waals surface area (Å²) in [5.41, 5.74) is 1.39. The van der Waals surface area contributed by atoms with Crippen LogP contribution in [-0.2, 0) is 6.54 Å². The molecule has 0 spiro atoms. The average Bonchev–Trinajstić information content (AvgIpc) is 2.86. The van der Waals surface area contributed by atoms with Crippen molar-refractivity contribution in [3.05, 3.63) is 35.9 Å². The lowest BCUT2D eigenvalue weighted by Crippen LogP contribution is -2.39. The zero-order valence-corrected chi connectivity index (χ0v) is 11.8. The minimum atomic E-state index is 0.242. The number of rotatable bonds is 6. The number of nitrogens with one attached hydrogen (secondary N) is 1. The number of hydrogen-bond donors (Lipinski definition) is 1. The lowest BCUT2D eigenvalue weighted by molar-refractivity contribution is 0.317.